The first kappa shape index (κ1) is 23.2. The van der Waals surface area contributed by atoms with E-state index in [1.807, 2.05) is 54.6 Å². The number of carbonyl (C=O) groups excluding carboxylic acids is 2. The van der Waals surface area contributed by atoms with E-state index in [2.05, 4.69) is 10.2 Å². The molecule has 7 heteroatoms. The summed E-state index contributed by atoms with van der Waals surface area (Å²) in [6.45, 7) is 3.05. The fraction of sp³-hybridized carbons (Fsp3) is 0.259. The Morgan fingerprint density at radius 3 is 2.24 bits per heavy atom. The van der Waals surface area contributed by atoms with Gasteiger partial charge in [-0.1, -0.05) is 42.5 Å². The van der Waals surface area contributed by atoms with Crippen molar-refractivity contribution in [3.8, 4) is 11.5 Å². The van der Waals surface area contributed by atoms with Crippen molar-refractivity contribution < 1.29 is 19.1 Å². The number of ether oxygens (including phenoxy) is 2. The van der Waals surface area contributed by atoms with Crippen LogP contribution in [0.2, 0.25) is 0 Å². The summed E-state index contributed by atoms with van der Waals surface area (Å²) in [6, 6.07) is 24.6. The zero-order chi connectivity index (χ0) is 23.8. The average molecular weight is 460 g/mol. The molecule has 7 nitrogen and oxygen atoms in total. The normalized spacial score (nSPS) is 13.3. The molecule has 176 valence electrons. The largest absolute Gasteiger partial charge is 0.497 e. The predicted octanol–water partition coefficient (Wildman–Crippen LogP) is 3.35. The monoisotopic (exact) mass is 459 g/mol. The second kappa shape index (κ2) is 11.2. The third-order valence-corrected chi connectivity index (χ3v) is 5.85. The summed E-state index contributed by atoms with van der Waals surface area (Å²) < 4.78 is 11.0. The van der Waals surface area contributed by atoms with Gasteiger partial charge < -0.3 is 24.6 Å². The molecule has 0 spiro atoms. The fourth-order valence-electron chi connectivity index (χ4n) is 3.89. The van der Waals surface area contributed by atoms with E-state index in [9.17, 15) is 9.59 Å². The van der Waals surface area contributed by atoms with Crippen LogP contribution in [0, 0.1) is 0 Å². The highest BCUT2D eigenvalue weighted by molar-refractivity contribution is 5.97. The first-order valence-electron chi connectivity index (χ1n) is 11.3. The number of hydrogen-bond acceptors (Lipinski definition) is 5. The Bertz CT molecular complexity index is 1090. The van der Waals surface area contributed by atoms with Gasteiger partial charge in [-0.2, -0.15) is 0 Å². The molecule has 1 saturated heterocycles. The van der Waals surface area contributed by atoms with Crippen LogP contribution in [0.1, 0.15) is 15.9 Å². The zero-order valence-electron chi connectivity index (χ0n) is 19.3. The average Bonchev–Trinajstić information content (AvgIpc) is 2.91. The van der Waals surface area contributed by atoms with Gasteiger partial charge in [0.25, 0.3) is 11.8 Å². The lowest BCUT2D eigenvalue weighted by atomic mass is 10.1. The third kappa shape index (κ3) is 5.86. The number of rotatable bonds is 8. The van der Waals surface area contributed by atoms with E-state index in [0.29, 0.717) is 30.9 Å². The van der Waals surface area contributed by atoms with Gasteiger partial charge in [-0.25, -0.2) is 0 Å². The van der Waals surface area contributed by atoms with Gasteiger partial charge in [0.2, 0.25) is 0 Å². The maximum absolute atomic E-state index is 12.8. The van der Waals surface area contributed by atoms with Crippen LogP contribution in [0.3, 0.4) is 0 Å². The van der Waals surface area contributed by atoms with E-state index in [4.69, 9.17) is 9.47 Å². The van der Waals surface area contributed by atoms with Gasteiger partial charge in [-0.15, -0.1) is 0 Å². The van der Waals surface area contributed by atoms with Crippen LogP contribution in [0.4, 0.5) is 5.69 Å². The molecule has 3 aromatic rings. The molecule has 0 unspecified atom stereocenters. The van der Waals surface area contributed by atoms with Crippen molar-refractivity contribution in [1.82, 2.24) is 10.2 Å². The molecular formula is C27H29N3O4. The van der Waals surface area contributed by atoms with E-state index in [-0.39, 0.29) is 18.4 Å². The van der Waals surface area contributed by atoms with E-state index in [0.717, 1.165) is 30.1 Å². The Morgan fingerprint density at radius 2 is 1.53 bits per heavy atom. The fourth-order valence-corrected chi connectivity index (χ4v) is 3.89. The minimum absolute atomic E-state index is 0.0890. The molecule has 4 rings (SSSR count). The Balaban J connectivity index is 1.28. The van der Waals surface area contributed by atoms with Crippen LogP contribution in [0.5, 0.6) is 11.5 Å². The molecule has 0 aromatic heterocycles. The molecule has 1 aliphatic heterocycles. The van der Waals surface area contributed by atoms with Gasteiger partial charge >= 0.3 is 0 Å². The lowest BCUT2D eigenvalue weighted by Gasteiger charge is -2.36. The van der Waals surface area contributed by atoms with E-state index in [1.165, 1.54) is 0 Å². The summed E-state index contributed by atoms with van der Waals surface area (Å²) in [6.07, 6.45) is 0. The number of anilines is 1. The van der Waals surface area contributed by atoms with Crippen molar-refractivity contribution >= 4 is 17.5 Å². The number of para-hydroxylation sites is 1. The van der Waals surface area contributed by atoms with Crippen molar-refractivity contribution in [3.05, 3.63) is 90.0 Å². The van der Waals surface area contributed by atoms with Crippen LogP contribution in [0.25, 0.3) is 0 Å². The summed E-state index contributed by atoms with van der Waals surface area (Å²) in [5.74, 6) is 0.899. The van der Waals surface area contributed by atoms with Crippen LogP contribution in [-0.2, 0) is 11.3 Å². The Kier molecular flexibility index (Phi) is 7.65. The number of amides is 2. The second-order valence-corrected chi connectivity index (χ2v) is 8.02. The minimum Gasteiger partial charge on any atom is -0.497 e. The molecule has 3 aromatic carbocycles. The van der Waals surface area contributed by atoms with E-state index in [1.54, 1.807) is 36.3 Å². The predicted molar refractivity (Wildman–Crippen MR) is 131 cm³/mol. The maximum Gasteiger partial charge on any atom is 0.260 e. The van der Waals surface area contributed by atoms with Crippen molar-refractivity contribution in [2.45, 2.75) is 6.54 Å². The van der Waals surface area contributed by atoms with Gasteiger partial charge in [-0.05, 0) is 42.0 Å². The quantitative estimate of drug-likeness (QED) is 0.559. The number of methoxy groups -OCH3 is 1. The zero-order valence-corrected chi connectivity index (χ0v) is 19.3. The molecular weight excluding hydrogens is 430 g/mol. The maximum atomic E-state index is 12.8. The number of hydrogen-bond donors (Lipinski definition) is 1. The SMILES string of the molecule is COc1ccc(N2CCN(C(=O)COc3ccccc3C(=O)NCc3ccccc3)CC2)cc1. The van der Waals surface area contributed by atoms with Crippen molar-refractivity contribution in [2.24, 2.45) is 0 Å². The van der Waals surface area contributed by atoms with Crippen molar-refractivity contribution in [2.75, 3.05) is 44.8 Å². The number of nitrogens with zero attached hydrogens (tertiary/aromatic N) is 2. The highest BCUT2D eigenvalue weighted by Gasteiger charge is 2.22. The molecule has 0 aliphatic carbocycles. The molecule has 1 N–H and O–H groups in total. The Hall–Kier alpha value is -4.00. The number of benzene rings is 3. The van der Waals surface area contributed by atoms with Gasteiger partial charge in [-0.3, -0.25) is 9.59 Å². The minimum atomic E-state index is -0.236. The van der Waals surface area contributed by atoms with Crippen molar-refractivity contribution in [3.63, 3.8) is 0 Å². The van der Waals surface area contributed by atoms with Gasteiger partial charge in [0.05, 0.1) is 12.7 Å². The second-order valence-electron chi connectivity index (χ2n) is 8.02. The van der Waals surface area contributed by atoms with Crippen molar-refractivity contribution in [1.29, 1.82) is 0 Å². The topological polar surface area (TPSA) is 71.1 Å². The number of carbonyl (C=O) groups is 2. The first-order valence-corrected chi connectivity index (χ1v) is 11.3. The standard InChI is InChI=1S/C27H29N3O4/c1-33-23-13-11-22(12-14-23)29-15-17-30(18-16-29)26(31)20-34-25-10-6-5-9-24(25)27(32)28-19-21-7-3-2-4-8-21/h2-14H,15-20H2,1H3,(H,28,32). The lowest BCUT2D eigenvalue weighted by molar-refractivity contribution is -0.133. The molecule has 2 amide bonds. The molecule has 1 heterocycles. The first-order chi connectivity index (χ1) is 16.6. The summed E-state index contributed by atoms with van der Waals surface area (Å²) >= 11 is 0. The molecule has 34 heavy (non-hydrogen) atoms. The highest BCUT2D eigenvalue weighted by atomic mass is 16.5. The molecule has 0 bridgehead atoms. The number of nitrogens with one attached hydrogen (secondary N) is 1. The summed E-state index contributed by atoms with van der Waals surface area (Å²) in [5.41, 5.74) is 2.54. The van der Waals surface area contributed by atoms with Crippen LogP contribution >= 0.6 is 0 Å². The van der Waals surface area contributed by atoms with Gasteiger partial charge in [0.1, 0.15) is 11.5 Å². The van der Waals surface area contributed by atoms with Crippen LogP contribution in [0.15, 0.2) is 78.9 Å². The number of piperazine rings is 1. The Labute approximate surface area is 199 Å². The highest BCUT2D eigenvalue weighted by Crippen LogP contribution is 2.21. The molecule has 0 saturated carbocycles. The molecule has 1 fully saturated rings. The molecule has 0 atom stereocenters. The van der Waals surface area contributed by atoms with Gasteiger partial charge in [0.15, 0.2) is 6.61 Å². The van der Waals surface area contributed by atoms with E-state index < -0.39 is 0 Å². The summed E-state index contributed by atoms with van der Waals surface area (Å²) in [5, 5.41) is 2.91. The summed E-state index contributed by atoms with van der Waals surface area (Å²) in [4.78, 5) is 29.5. The summed E-state index contributed by atoms with van der Waals surface area (Å²) in [7, 11) is 1.65. The lowest BCUT2D eigenvalue weighted by Crippen LogP contribution is -2.50. The van der Waals surface area contributed by atoms with Crippen LogP contribution in [-0.4, -0.2) is 56.6 Å². The molecule has 0 radical (unpaired) electrons. The third-order valence-electron chi connectivity index (χ3n) is 5.85. The van der Waals surface area contributed by atoms with Gasteiger partial charge in [0, 0.05) is 38.4 Å². The van der Waals surface area contributed by atoms with Crippen LogP contribution < -0.4 is 19.7 Å². The molecule has 1 aliphatic rings. The van der Waals surface area contributed by atoms with E-state index >= 15 is 0 Å². The smallest absolute Gasteiger partial charge is 0.260 e. The Morgan fingerprint density at radius 1 is 0.853 bits per heavy atom.